The van der Waals surface area contributed by atoms with E-state index in [-0.39, 0.29) is 27.0 Å². The van der Waals surface area contributed by atoms with Gasteiger partial charge >= 0.3 is 22.3 Å². The van der Waals surface area contributed by atoms with Crippen molar-refractivity contribution in [2.45, 2.75) is 17.5 Å². The second-order valence-electron chi connectivity index (χ2n) is 7.32. The van der Waals surface area contributed by atoms with Crippen LogP contribution in [-0.2, 0) is 20.0 Å². The third-order valence-electron chi connectivity index (χ3n) is 4.65. The van der Waals surface area contributed by atoms with Crippen LogP contribution in [0.15, 0.2) is 47.4 Å². The van der Waals surface area contributed by atoms with E-state index in [1.165, 1.54) is 18.2 Å². The lowest BCUT2D eigenvalue weighted by atomic mass is 10.1. The molecule has 3 aromatic rings. The monoisotopic (exact) mass is 602 g/mol. The topological polar surface area (TPSA) is 153 Å². The number of hydrogen-bond acceptors (Lipinski definition) is 8. The highest BCUT2D eigenvalue weighted by atomic mass is 35.5. The van der Waals surface area contributed by atoms with Crippen LogP contribution in [0.2, 0.25) is 10.0 Å². The lowest BCUT2D eigenvalue weighted by Gasteiger charge is -2.13. The number of aromatic nitrogens is 2. The zero-order valence-electron chi connectivity index (χ0n) is 18.1. The van der Waals surface area contributed by atoms with E-state index in [4.69, 9.17) is 23.2 Å². The van der Waals surface area contributed by atoms with Gasteiger partial charge < -0.3 is 14.4 Å². The molecule has 3 rings (SSSR count). The summed E-state index contributed by atoms with van der Waals surface area (Å²) in [6.45, 7) is 0. The summed E-state index contributed by atoms with van der Waals surface area (Å²) in [5, 5.41) is 23.1. The molecule has 0 aliphatic carbocycles. The number of aromatic carboxylic acids is 1. The molecule has 0 saturated carbocycles. The number of carboxylic acids is 1. The van der Waals surface area contributed by atoms with Crippen molar-refractivity contribution in [3.05, 3.63) is 58.2 Å². The first-order valence-corrected chi connectivity index (χ1v) is 13.8. The Kier molecular flexibility index (Phi) is 8.14. The maximum absolute atomic E-state index is 12.7. The quantitative estimate of drug-likeness (QED) is 0.347. The van der Waals surface area contributed by atoms with E-state index in [0.717, 1.165) is 28.9 Å². The number of alkyl halides is 3. The molecule has 200 valence electrons. The van der Waals surface area contributed by atoms with Crippen molar-refractivity contribution in [3.63, 3.8) is 0 Å². The molecule has 0 saturated heterocycles. The predicted molar refractivity (Wildman–Crippen MR) is 125 cm³/mol. The third kappa shape index (κ3) is 6.73. The van der Waals surface area contributed by atoms with Crippen molar-refractivity contribution in [3.8, 4) is 22.7 Å². The molecule has 0 unspecified atom stereocenters. The Hall–Kier alpha value is -2.85. The average molecular weight is 603 g/mol. The summed E-state index contributed by atoms with van der Waals surface area (Å²) in [6, 6.07) is 8.24. The van der Waals surface area contributed by atoms with E-state index in [1.54, 1.807) is 0 Å². The van der Waals surface area contributed by atoms with Crippen molar-refractivity contribution >= 4 is 49.1 Å². The van der Waals surface area contributed by atoms with Crippen LogP contribution in [0.25, 0.3) is 16.9 Å². The fourth-order valence-corrected chi connectivity index (χ4v) is 5.59. The number of carboxylic acid groups (broad SMARTS) is 1. The van der Waals surface area contributed by atoms with E-state index >= 15 is 0 Å². The maximum atomic E-state index is 12.7. The summed E-state index contributed by atoms with van der Waals surface area (Å²) in [4.78, 5) is 11.0. The van der Waals surface area contributed by atoms with Crippen molar-refractivity contribution in [1.29, 1.82) is 0 Å². The maximum Gasteiger partial charge on any atom is 0.390 e. The summed E-state index contributed by atoms with van der Waals surface area (Å²) in [5.41, 5.74) is -1.33. The van der Waals surface area contributed by atoms with Gasteiger partial charge in [-0.15, -0.1) is 0 Å². The van der Waals surface area contributed by atoms with Gasteiger partial charge in [-0.05, 0) is 42.5 Å². The fourth-order valence-electron chi connectivity index (χ4n) is 3.08. The third-order valence-corrected chi connectivity index (χ3v) is 7.69. The molecule has 10 nitrogen and oxygen atoms in total. The van der Waals surface area contributed by atoms with Crippen LogP contribution in [0, 0.1) is 0 Å². The van der Waals surface area contributed by atoms with Gasteiger partial charge in [-0.25, -0.2) is 17.9 Å². The van der Waals surface area contributed by atoms with Gasteiger partial charge in [0, 0.05) is 10.6 Å². The molecule has 1 heterocycles. The van der Waals surface area contributed by atoms with Crippen LogP contribution < -0.4 is 4.18 Å². The molecule has 37 heavy (non-hydrogen) atoms. The van der Waals surface area contributed by atoms with Crippen LogP contribution >= 0.6 is 23.2 Å². The Balaban J connectivity index is 2.17. The minimum atomic E-state index is -4.72. The number of aliphatic hydroxyl groups is 1. The Morgan fingerprint density at radius 1 is 1.05 bits per heavy atom. The molecule has 0 aliphatic heterocycles. The molecular weight excluding hydrogens is 588 g/mol. The molecule has 2 N–H and O–H groups in total. The minimum Gasteiger partial charge on any atom is -0.476 e. The first kappa shape index (κ1) is 28.7. The number of carbonyl (C=O) groups is 1. The van der Waals surface area contributed by atoms with Gasteiger partial charge in [-0.1, -0.05) is 23.2 Å². The molecule has 2 aromatic carbocycles. The van der Waals surface area contributed by atoms with Crippen LogP contribution in [-0.4, -0.2) is 60.7 Å². The van der Waals surface area contributed by atoms with Crippen molar-refractivity contribution < 1.29 is 49.2 Å². The molecule has 0 atom stereocenters. The summed E-state index contributed by atoms with van der Waals surface area (Å²) in [5.74, 6) is -4.95. The highest BCUT2D eigenvalue weighted by Crippen LogP contribution is 2.36. The van der Waals surface area contributed by atoms with Crippen LogP contribution in [0.1, 0.15) is 16.9 Å². The van der Waals surface area contributed by atoms with Crippen LogP contribution in [0.4, 0.5) is 13.2 Å². The first-order chi connectivity index (χ1) is 17.0. The van der Waals surface area contributed by atoms with E-state index in [9.17, 15) is 45.0 Å². The highest BCUT2D eigenvalue weighted by molar-refractivity contribution is 7.91. The van der Waals surface area contributed by atoms with Crippen molar-refractivity contribution in [2.24, 2.45) is 0 Å². The average Bonchev–Trinajstić information content (AvgIpc) is 3.19. The van der Waals surface area contributed by atoms with Crippen LogP contribution in [0.3, 0.4) is 0 Å². The zero-order valence-corrected chi connectivity index (χ0v) is 21.3. The van der Waals surface area contributed by atoms with Crippen LogP contribution in [0.5, 0.6) is 5.75 Å². The lowest BCUT2D eigenvalue weighted by Crippen LogP contribution is -2.20. The fraction of sp³-hybridized carbons (Fsp3) is 0.200. The molecule has 0 radical (unpaired) electrons. The predicted octanol–water partition coefficient (Wildman–Crippen LogP) is 3.93. The second-order valence-corrected chi connectivity index (χ2v) is 11.7. The van der Waals surface area contributed by atoms with Gasteiger partial charge in [0.05, 0.1) is 28.6 Å². The van der Waals surface area contributed by atoms with E-state index in [0.29, 0.717) is 0 Å². The Morgan fingerprint density at radius 3 is 2.19 bits per heavy atom. The zero-order chi connectivity index (χ0) is 27.8. The van der Waals surface area contributed by atoms with E-state index < -0.39 is 66.6 Å². The molecule has 0 bridgehead atoms. The van der Waals surface area contributed by atoms with Gasteiger partial charge in [-0.2, -0.15) is 26.7 Å². The number of halogens is 5. The smallest absolute Gasteiger partial charge is 0.390 e. The molecule has 0 amide bonds. The van der Waals surface area contributed by atoms with E-state index in [2.05, 4.69) is 9.28 Å². The molecule has 0 spiro atoms. The summed E-state index contributed by atoms with van der Waals surface area (Å²) >= 11 is 12.1. The summed E-state index contributed by atoms with van der Waals surface area (Å²) in [7, 11) is -9.26. The van der Waals surface area contributed by atoms with Gasteiger partial charge in [-0.3, -0.25) is 0 Å². The summed E-state index contributed by atoms with van der Waals surface area (Å²) < 4.78 is 91.8. The first-order valence-electron chi connectivity index (χ1n) is 9.79. The number of aliphatic hydroxyl groups excluding tert-OH is 1. The number of hydrogen-bond donors (Lipinski definition) is 2. The van der Waals surface area contributed by atoms with E-state index in [1.807, 2.05) is 0 Å². The van der Waals surface area contributed by atoms with Gasteiger partial charge in [0.25, 0.3) is 0 Å². The number of rotatable bonds is 9. The molecule has 1 aromatic heterocycles. The SMILES string of the molecule is O=C(O)c1nn(-c2ccc(Cl)cc2Cl)c(-c2ccc(OS(=O)(=O)CCC(F)(F)F)cc2)c1S(=O)(=O)CO. The standard InChI is InChI=1S/C20H15Cl2F3N2O8S2/c21-12-3-6-15(14(22)9-12)27-17(18(36(31,32)10-28)16(26-27)19(29)30)11-1-4-13(5-2-11)35-37(33,34)8-7-20(23,24)25/h1-6,9,28H,7-8,10H2,(H,29,30). The normalized spacial score (nSPS) is 12.5. The Bertz CT molecular complexity index is 1560. The number of benzene rings is 2. The number of sulfone groups is 1. The van der Waals surface area contributed by atoms with Crippen molar-refractivity contribution in [1.82, 2.24) is 9.78 Å². The molecular formula is C20H15Cl2F3N2O8S2. The Labute approximate surface area is 217 Å². The largest absolute Gasteiger partial charge is 0.476 e. The van der Waals surface area contributed by atoms with Gasteiger partial charge in [0.2, 0.25) is 9.84 Å². The van der Waals surface area contributed by atoms with Gasteiger partial charge in [0.1, 0.15) is 16.6 Å². The lowest BCUT2D eigenvalue weighted by molar-refractivity contribution is -0.130. The Morgan fingerprint density at radius 2 is 1.68 bits per heavy atom. The number of nitrogens with zero attached hydrogens (tertiary/aromatic N) is 2. The van der Waals surface area contributed by atoms with Crippen molar-refractivity contribution in [2.75, 3.05) is 11.7 Å². The molecule has 0 fully saturated rings. The molecule has 17 heteroatoms. The molecule has 0 aliphatic rings. The minimum absolute atomic E-state index is 0.0120. The highest BCUT2D eigenvalue weighted by Gasteiger charge is 2.34. The summed E-state index contributed by atoms with van der Waals surface area (Å²) in [6.07, 6.45) is -6.35. The second kappa shape index (κ2) is 10.5. The van der Waals surface area contributed by atoms with Gasteiger partial charge in [0.15, 0.2) is 5.69 Å².